The molecule has 0 bridgehead atoms. The van der Waals surface area contributed by atoms with E-state index in [0.717, 1.165) is 10.9 Å². The van der Waals surface area contributed by atoms with Crippen molar-refractivity contribution in [2.45, 2.75) is 6.92 Å². The number of anilines is 1. The quantitative estimate of drug-likeness (QED) is 0.710. The van der Waals surface area contributed by atoms with Gasteiger partial charge in [-0.25, -0.2) is 0 Å². The van der Waals surface area contributed by atoms with Gasteiger partial charge in [0.15, 0.2) is 11.5 Å². The molecule has 0 fully saturated rings. The van der Waals surface area contributed by atoms with Crippen molar-refractivity contribution in [2.24, 2.45) is 0 Å². The molecule has 20 heavy (non-hydrogen) atoms. The van der Waals surface area contributed by atoms with Gasteiger partial charge in [0.1, 0.15) is 11.7 Å². The highest BCUT2D eigenvalue weighted by atomic mass is 16.5. The van der Waals surface area contributed by atoms with E-state index in [0.29, 0.717) is 22.8 Å². The van der Waals surface area contributed by atoms with Crippen LogP contribution < -0.4 is 10.5 Å². The molecule has 0 atom stereocenters. The molecule has 3 rings (SSSR count). The smallest absolute Gasteiger partial charge is 0.247 e. The van der Waals surface area contributed by atoms with Crippen LogP contribution in [0.3, 0.4) is 0 Å². The van der Waals surface area contributed by atoms with Gasteiger partial charge < -0.3 is 14.9 Å². The van der Waals surface area contributed by atoms with Crippen LogP contribution >= 0.6 is 0 Å². The SMILES string of the molecule is Cc1cccc(N)c1Oc1c(C#N)oc2ccccc12. The lowest BCUT2D eigenvalue weighted by molar-refractivity contribution is 0.466. The van der Waals surface area contributed by atoms with Crippen molar-refractivity contribution in [1.29, 1.82) is 5.26 Å². The molecule has 98 valence electrons. The summed E-state index contributed by atoms with van der Waals surface area (Å²) in [5.74, 6) is 1.11. The molecule has 0 radical (unpaired) electrons. The van der Waals surface area contributed by atoms with Gasteiger partial charge in [0, 0.05) is 0 Å². The number of nitrogen functional groups attached to an aromatic ring is 1. The van der Waals surface area contributed by atoms with E-state index in [1.165, 1.54) is 0 Å². The van der Waals surface area contributed by atoms with Gasteiger partial charge in [-0.05, 0) is 30.7 Å². The number of ether oxygens (including phenoxy) is 1. The Morgan fingerprint density at radius 3 is 2.65 bits per heavy atom. The van der Waals surface area contributed by atoms with Crippen molar-refractivity contribution >= 4 is 16.7 Å². The zero-order valence-corrected chi connectivity index (χ0v) is 10.9. The van der Waals surface area contributed by atoms with Gasteiger partial charge in [-0.2, -0.15) is 5.26 Å². The van der Waals surface area contributed by atoms with Crippen LogP contribution in [-0.2, 0) is 0 Å². The first-order valence-corrected chi connectivity index (χ1v) is 6.15. The summed E-state index contributed by atoms with van der Waals surface area (Å²) in [6.45, 7) is 1.90. The fourth-order valence-corrected chi connectivity index (χ4v) is 2.11. The average molecular weight is 264 g/mol. The highest BCUT2D eigenvalue weighted by Gasteiger charge is 2.17. The molecule has 4 nitrogen and oxygen atoms in total. The van der Waals surface area contributed by atoms with Crippen LogP contribution in [0.15, 0.2) is 46.9 Å². The fourth-order valence-electron chi connectivity index (χ4n) is 2.11. The maximum atomic E-state index is 9.18. The summed E-state index contributed by atoms with van der Waals surface area (Å²) in [6.07, 6.45) is 0. The maximum absolute atomic E-state index is 9.18. The van der Waals surface area contributed by atoms with E-state index < -0.39 is 0 Å². The minimum atomic E-state index is 0.147. The van der Waals surface area contributed by atoms with Crippen LogP contribution in [0.4, 0.5) is 5.69 Å². The number of fused-ring (bicyclic) bond motifs is 1. The Morgan fingerprint density at radius 1 is 1.10 bits per heavy atom. The zero-order chi connectivity index (χ0) is 14.1. The number of nitrogens with zero attached hydrogens (tertiary/aromatic N) is 1. The molecule has 0 saturated carbocycles. The average Bonchev–Trinajstić information content (AvgIpc) is 2.81. The third-order valence-corrected chi connectivity index (χ3v) is 3.10. The number of hydrogen-bond donors (Lipinski definition) is 1. The van der Waals surface area contributed by atoms with E-state index >= 15 is 0 Å². The molecule has 4 heteroatoms. The van der Waals surface area contributed by atoms with Gasteiger partial charge in [-0.1, -0.05) is 24.3 Å². The first kappa shape index (κ1) is 12.1. The molecule has 0 unspecified atom stereocenters. The second-order valence-corrected chi connectivity index (χ2v) is 4.46. The molecular formula is C16H12N2O2. The second kappa shape index (κ2) is 4.63. The third kappa shape index (κ3) is 1.86. The second-order valence-electron chi connectivity index (χ2n) is 4.46. The normalized spacial score (nSPS) is 10.4. The summed E-state index contributed by atoms with van der Waals surface area (Å²) >= 11 is 0. The van der Waals surface area contributed by atoms with Crippen molar-refractivity contribution in [2.75, 3.05) is 5.73 Å². The zero-order valence-electron chi connectivity index (χ0n) is 10.9. The predicted molar refractivity (Wildman–Crippen MR) is 76.6 cm³/mol. The Labute approximate surface area is 116 Å². The number of hydrogen-bond acceptors (Lipinski definition) is 4. The molecule has 0 aliphatic rings. The van der Waals surface area contributed by atoms with Crippen LogP contribution in [0.1, 0.15) is 11.3 Å². The van der Waals surface area contributed by atoms with Crippen LogP contribution in [-0.4, -0.2) is 0 Å². The van der Waals surface area contributed by atoms with Gasteiger partial charge >= 0.3 is 0 Å². The van der Waals surface area contributed by atoms with Gasteiger partial charge in [0.2, 0.25) is 5.76 Å². The Balaban J connectivity index is 2.18. The summed E-state index contributed by atoms with van der Waals surface area (Å²) in [5, 5.41) is 9.94. The summed E-state index contributed by atoms with van der Waals surface area (Å²) in [4.78, 5) is 0. The summed E-state index contributed by atoms with van der Waals surface area (Å²) in [6, 6.07) is 14.9. The first-order chi connectivity index (χ1) is 9.70. The fraction of sp³-hybridized carbons (Fsp3) is 0.0625. The van der Waals surface area contributed by atoms with E-state index in [-0.39, 0.29) is 5.76 Å². The first-order valence-electron chi connectivity index (χ1n) is 6.15. The van der Waals surface area contributed by atoms with Crippen LogP contribution in [0.25, 0.3) is 11.0 Å². The van der Waals surface area contributed by atoms with Crippen LogP contribution in [0.2, 0.25) is 0 Å². The topological polar surface area (TPSA) is 72.2 Å². The van der Waals surface area contributed by atoms with Crippen LogP contribution in [0.5, 0.6) is 11.5 Å². The van der Waals surface area contributed by atoms with Crippen molar-refractivity contribution in [1.82, 2.24) is 0 Å². The minimum absolute atomic E-state index is 0.147. The molecule has 0 aliphatic carbocycles. The van der Waals surface area contributed by atoms with Crippen molar-refractivity contribution in [3.63, 3.8) is 0 Å². The standard InChI is InChI=1S/C16H12N2O2/c1-10-5-4-7-12(18)15(10)20-16-11-6-2-3-8-13(11)19-14(16)9-17/h2-8H,18H2,1H3. The Hall–Kier alpha value is -2.93. The van der Waals surface area contributed by atoms with E-state index in [9.17, 15) is 5.26 Å². The number of aryl methyl sites for hydroxylation is 1. The van der Waals surface area contributed by atoms with Gasteiger partial charge in [-0.3, -0.25) is 0 Å². The predicted octanol–water partition coefficient (Wildman–Crippen LogP) is 3.99. The van der Waals surface area contributed by atoms with Gasteiger partial charge in [-0.15, -0.1) is 0 Å². The number of para-hydroxylation sites is 2. The largest absolute Gasteiger partial charge is 0.449 e. The van der Waals surface area contributed by atoms with E-state index in [2.05, 4.69) is 0 Å². The number of nitriles is 1. The summed E-state index contributed by atoms with van der Waals surface area (Å²) in [7, 11) is 0. The van der Waals surface area contributed by atoms with E-state index in [4.69, 9.17) is 14.9 Å². The lowest BCUT2D eigenvalue weighted by Gasteiger charge is -2.10. The molecule has 2 aromatic carbocycles. The number of nitrogens with two attached hydrogens (primary N) is 1. The molecule has 0 spiro atoms. The lowest BCUT2D eigenvalue weighted by Crippen LogP contribution is -1.94. The highest BCUT2D eigenvalue weighted by Crippen LogP contribution is 2.38. The monoisotopic (exact) mass is 264 g/mol. The number of rotatable bonds is 2. The molecular weight excluding hydrogens is 252 g/mol. The van der Waals surface area contributed by atoms with Gasteiger partial charge in [0.05, 0.1) is 11.1 Å². The summed E-state index contributed by atoms with van der Waals surface area (Å²) < 4.78 is 11.3. The number of furan rings is 1. The Bertz CT molecular complexity index is 808. The number of benzene rings is 2. The molecule has 3 aromatic rings. The molecule has 1 heterocycles. The van der Waals surface area contributed by atoms with Crippen molar-refractivity contribution in [3.8, 4) is 17.6 Å². The summed E-state index contributed by atoms with van der Waals surface area (Å²) in [5.41, 5.74) is 7.98. The molecule has 1 aromatic heterocycles. The minimum Gasteiger partial charge on any atom is -0.449 e. The van der Waals surface area contributed by atoms with Crippen molar-refractivity contribution < 1.29 is 9.15 Å². The Kier molecular flexibility index (Phi) is 2.81. The Morgan fingerprint density at radius 2 is 1.90 bits per heavy atom. The molecule has 2 N–H and O–H groups in total. The molecule has 0 saturated heterocycles. The maximum Gasteiger partial charge on any atom is 0.247 e. The lowest BCUT2D eigenvalue weighted by atomic mass is 10.2. The van der Waals surface area contributed by atoms with E-state index in [1.54, 1.807) is 12.1 Å². The van der Waals surface area contributed by atoms with Crippen molar-refractivity contribution in [3.05, 3.63) is 53.8 Å². The highest BCUT2D eigenvalue weighted by molar-refractivity contribution is 5.87. The van der Waals surface area contributed by atoms with Gasteiger partial charge in [0.25, 0.3) is 0 Å². The van der Waals surface area contributed by atoms with E-state index in [1.807, 2.05) is 43.3 Å². The third-order valence-electron chi connectivity index (χ3n) is 3.10. The molecule has 0 aliphatic heterocycles. The molecule has 0 amide bonds. The van der Waals surface area contributed by atoms with Crippen LogP contribution in [0, 0.1) is 18.3 Å².